The minimum absolute atomic E-state index is 0.0439. The molecule has 2 aromatic rings. The number of alkyl halides is 2. The third kappa shape index (κ3) is 4.01. The molecular formula is C18H22F2N4OS. The van der Waals surface area contributed by atoms with Crippen molar-refractivity contribution in [2.75, 3.05) is 5.32 Å². The van der Waals surface area contributed by atoms with Crippen LogP contribution in [-0.4, -0.2) is 32.0 Å². The van der Waals surface area contributed by atoms with Crippen LogP contribution in [0.3, 0.4) is 0 Å². The molecule has 2 aromatic heterocycles. The Bertz CT molecular complexity index is 781. The number of hydrogen-bond acceptors (Lipinski definition) is 6. The van der Waals surface area contributed by atoms with Gasteiger partial charge in [0.1, 0.15) is 5.82 Å². The summed E-state index contributed by atoms with van der Waals surface area (Å²) in [6, 6.07) is 1.65. The van der Waals surface area contributed by atoms with Gasteiger partial charge in [0.05, 0.1) is 17.5 Å². The van der Waals surface area contributed by atoms with Gasteiger partial charge in [0, 0.05) is 36.2 Å². The molecule has 0 saturated heterocycles. The smallest absolute Gasteiger partial charge is 0.248 e. The van der Waals surface area contributed by atoms with Gasteiger partial charge >= 0.3 is 0 Å². The third-order valence-electron chi connectivity index (χ3n) is 4.95. The van der Waals surface area contributed by atoms with Crippen LogP contribution in [0.4, 0.5) is 14.6 Å². The summed E-state index contributed by atoms with van der Waals surface area (Å²) in [6.45, 7) is 1.65. The predicted octanol–water partition coefficient (Wildman–Crippen LogP) is 4.52. The molecule has 2 saturated carbocycles. The molecule has 0 amide bonds. The molecule has 0 spiro atoms. The molecular weight excluding hydrogens is 358 g/mol. The maximum atomic E-state index is 13.4. The van der Waals surface area contributed by atoms with E-state index in [4.69, 9.17) is 0 Å². The van der Waals surface area contributed by atoms with Crippen molar-refractivity contribution in [3.05, 3.63) is 22.8 Å². The summed E-state index contributed by atoms with van der Waals surface area (Å²) in [5.41, 5.74) is 1.59. The Kier molecular flexibility index (Phi) is 4.64. The van der Waals surface area contributed by atoms with Crippen molar-refractivity contribution in [1.82, 2.24) is 15.0 Å². The van der Waals surface area contributed by atoms with Crippen LogP contribution >= 0.6 is 11.3 Å². The molecule has 2 N–H and O–H groups in total. The molecule has 26 heavy (non-hydrogen) atoms. The van der Waals surface area contributed by atoms with Crippen LogP contribution < -0.4 is 5.32 Å². The zero-order valence-corrected chi connectivity index (χ0v) is 15.4. The molecule has 2 aliphatic rings. The first-order valence-electron chi connectivity index (χ1n) is 9.07. The van der Waals surface area contributed by atoms with E-state index in [-0.39, 0.29) is 18.9 Å². The number of aliphatic hydroxyl groups excluding tert-OH is 1. The second-order valence-corrected chi connectivity index (χ2v) is 8.16. The van der Waals surface area contributed by atoms with Gasteiger partial charge in [-0.15, -0.1) is 11.3 Å². The lowest BCUT2D eigenvalue weighted by Gasteiger charge is -2.29. The number of anilines is 1. The van der Waals surface area contributed by atoms with Crippen LogP contribution in [0.2, 0.25) is 0 Å². The van der Waals surface area contributed by atoms with Crippen LogP contribution in [0.1, 0.15) is 68.9 Å². The van der Waals surface area contributed by atoms with E-state index < -0.39 is 12.0 Å². The van der Waals surface area contributed by atoms with Gasteiger partial charge in [-0.3, -0.25) is 0 Å². The fourth-order valence-corrected chi connectivity index (χ4v) is 4.03. The van der Waals surface area contributed by atoms with E-state index in [0.717, 1.165) is 10.7 Å². The van der Waals surface area contributed by atoms with Crippen molar-refractivity contribution < 1.29 is 13.9 Å². The van der Waals surface area contributed by atoms with E-state index in [1.807, 2.05) is 5.38 Å². The SMILES string of the molecule is CC(O)c1cc(NC2CCC(F)(F)CC2)nc(-c2nc(C3CC3)cs2)n1. The van der Waals surface area contributed by atoms with Gasteiger partial charge in [0.15, 0.2) is 10.8 Å². The number of hydrogen-bond donors (Lipinski definition) is 2. The van der Waals surface area contributed by atoms with Crippen molar-refractivity contribution in [3.63, 3.8) is 0 Å². The van der Waals surface area contributed by atoms with Gasteiger partial charge in [-0.1, -0.05) is 0 Å². The van der Waals surface area contributed by atoms with Crippen LogP contribution in [0.15, 0.2) is 11.4 Å². The standard InChI is InChI=1S/C18H22F2N4OS/c1-10(25)13-8-15(21-12-4-6-18(19,20)7-5-12)24-16(22-13)17-23-14(9-26-17)11-2-3-11/h8-12,25H,2-7H2,1H3,(H,21,22,24). The normalized spacial score (nSPS) is 21.5. The van der Waals surface area contributed by atoms with Crippen LogP contribution in [0, 0.1) is 0 Å². The van der Waals surface area contributed by atoms with Crippen LogP contribution in [-0.2, 0) is 0 Å². The second-order valence-electron chi connectivity index (χ2n) is 7.30. The van der Waals surface area contributed by atoms with E-state index >= 15 is 0 Å². The highest BCUT2D eigenvalue weighted by Gasteiger charge is 2.35. The quantitative estimate of drug-likeness (QED) is 0.798. The number of nitrogens with one attached hydrogen (secondary N) is 1. The molecule has 0 aromatic carbocycles. The van der Waals surface area contributed by atoms with Crippen molar-refractivity contribution in [3.8, 4) is 10.8 Å². The molecule has 0 radical (unpaired) electrons. The maximum Gasteiger partial charge on any atom is 0.248 e. The van der Waals surface area contributed by atoms with Crippen LogP contribution in [0.25, 0.3) is 10.8 Å². The number of rotatable bonds is 5. The van der Waals surface area contributed by atoms with Gasteiger partial charge in [-0.25, -0.2) is 23.7 Å². The summed E-state index contributed by atoms with van der Waals surface area (Å²) >= 11 is 1.50. The first kappa shape index (κ1) is 17.7. The van der Waals surface area contributed by atoms with Gasteiger partial charge in [0.2, 0.25) is 5.92 Å². The summed E-state index contributed by atoms with van der Waals surface area (Å²) in [5.74, 6) is -0.963. The summed E-state index contributed by atoms with van der Waals surface area (Å²) in [5, 5.41) is 16.0. The highest BCUT2D eigenvalue weighted by molar-refractivity contribution is 7.13. The zero-order valence-electron chi connectivity index (χ0n) is 14.6. The summed E-state index contributed by atoms with van der Waals surface area (Å²) in [7, 11) is 0. The maximum absolute atomic E-state index is 13.4. The fourth-order valence-electron chi connectivity index (χ4n) is 3.20. The Hall–Kier alpha value is -1.67. The molecule has 2 aliphatic carbocycles. The molecule has 2 fully saturated rings. The van der Waals surface area contributed by atoms with E-state index in [2.05, 4.69) is 20.3 Å². The van der Waals surface area contributed by atoms with Crippen molar-refractivity contribution in [2.45, 2.75) is 69.4 Å². The molecule has 8 heteroatoms. The molecule has 5 nitrogen and oxygen atoms in total. The number of thiazole rings is 1. The predicted molar refractivity (Wildman–Crippen MR) is 96.6 cm³/mol. The second kappa shape index (κ2) is 6.81. The number of nitrogens with zero attached hydrogens (tertiary/aromatic N) is 3. The first-order chi connectivity index (χ1) is 12.4. The first-order valence-corrected chi connectivity index (χ1v) is 9.95. The topological polar surface area (TPSA) is 70.9 Å². The van der Waals surface area contributed by atoms with E-state index in [1.165, 1.54) is 24.2 Å². The molecule has 2 heterocycles. The molecule has 1 unspecified atom stereocenters. The van der Waals surface area contributed by atoms with E-state index in [0.29, 0.717) is 36.1 Å². The lowest BCUT2D eigenvalue weighted by molar-refractivity contribution is -0.0361. The highest BCUT2D eigenvalue weighted by atomic mass is 32.1. The average Bonchev–Trinajstić information content (AvgIpc) is 3.33. The van der Waals surface area contributed by atoms with Crippen molar-refractivity contribution in [2.24, 2.45) is 0 Å². The number of aromatic nitrogens is 3. The number of halogens is 2. The molecule has 0 aliphatic heterocycles. The molecule has 4 rings (SSSR count). The summed E-state index contributed by atoms with van der Waals surface area (Å²) < 4.78 is 26.7. The minimum atomic E-state index is -2.56. The molecule has 1 atom stereocenters. The van der Waals surface area contributed by atoms with Gasteiger partial charge in [-0.2, -0.15) is 0 Å². The molecule has 140 valence electrons. The van der Waals surface area contributed by atoms with E-state index in [9.17, 15) is 13.9 Å². The largest absolute Gasteiger partial charge is 0.387 e. The molecule has 0 bridgehead atoms. The van der Waals surface area contributed by atoms with Gasteiger partial charge in [0.25, 0.3) is 0 Å². The minimum Gasteiger partial charge on any atom is -0.387 e. The summed E-state index contributed by atoms with van der Waals surface area (Å²) in [4.78, 5) is 13.6. The Balaban J connectivity index is 1.56. The lowest BCUT2D eigenvalue weighted by atomic mass is 9.92. The number of aliphatic hydroxyl groups is 1. The van der Waals surface area contributed by atoms with Crippen molar-refractivity contribution in [1.29, 1.82) is 0 Å². The Morgan fingerprint density at radius 1 is 1.19 bits per heavy atom. The lowest BCUT2D eigenvalue weighted by Crippen LogP contribution is -2.32. The van der Waals surface area contributed by atoms with Gasteiger partial charge in [-0.05, 0) is 32.6 Å². The summed E-state index contributed by atoms with van der Waals surface area (Å²) in [6.07, 6.45) is 2.20. The van der Waals surface area contributed by atoms with Gasteiger partial charge < -0.3 is 10.4 Å². The Labute approximate surface area is 154 Å². The van der Waals surface area contributed by atoms with Crippen LogP contribution in [0.5, 0.6) is 0 Å². The highest BCUT2D eigenvalue weighted by Crippen LogP contribution is 2.41. The average molecular weight is 380 g/mol. The van der Waals surface area contributed by atoms with E-state index in [1.54, 1.807) is 13.0 Å². The Morgan fingerprint density at radius 3 is 2.58 bits per heavy atom. The fraction of sp³-hybridized carbons (Fsp3) is 0.611. The Morgan fingerprint density at radius 2 is 1.92 bits per heavy atom. The monoisotopic (exact) mass is 380 g/mol. The zero-order chi connectivity index (χ0) is 18.3. The third-order valence-corrected chi connectivity index (χ3v) is 5.81. The van der Waals surface area contributed by atoms with Crippen molar-refractivity contribution >= 4 is 17.2 Å².